The molecule has 0 bridgehead atoms. The standard InChI is InChI=1S/C5H3BrF2N2O2/c6-3-1-2(4(11)12)10(9-3)5(7)8/h1,5H,(H,11,12). The molecule has 1 aromatic heterocycles. The fourth-order valence-corrected chi connectivity index (χ4v) is 1.06. The topological polar surface area (TPSA) is 55.1 Å². The lowest BCUT2D eigenvalue weighted by Gasteiger charge is -1.99. The quantitative estimate of drug-likeness (QED) is 0.857. The summed E-state index contributed by atoms with van der Waals surface area (Å²) in [5.74, 6) is -1.44. The summed E-state index contributed by atoms with van der Waals surface area (Å²) in [6.45, 7) is -2.94. The first-order valence-electron chi connectivity index (χ1n) is 2.79. The van der Waals surface area contributed by atoms with Crippen LogP contribution in [0.3, 0.4) is 0 Å². The summed E-state index contributed by atoms with van der Waals surface area (Å²) in [7, 11) is 0. The molecule has 0 unspecified atom stereocenters. The minimum absolute atomic E-state index is 0.0696. The molecule has 0 saturated carbocycles. The van der Waals surface area contributed by atoms with E-state index in [1.165, 1.54) is 0 Å². The second-order valence-corrected chi connectivity index (χ2v) is 2.69. The second-order valence-electron chi connectivity index (χ2n) is 1.88. The van der Waals surface area contributed by atoms with E-state index in [1.54, 1.807) is 0 Å². The summed E-state index contributed by atoms with van der Waals surface area (Å²) in [4.78, 5) is 10.3. The monoisotopic (exact) mass is 240 g/mol. The third kappa shape index (κ3) is 1.60. The number of halogens is 3. The number of rotatable bonds is 2. The van der Waals surface area contributed by atoms with Crippen molar-refractivity contribution in [2.24, 2.45) is 0 Å². The lowest BCUT2D eigenvalue weighted by molar-refractivity contribution is 0.0437. The van der Waals surface area contributed by atoms with Crippen LogP contribution in [0.15, 0.2) is 10.7 Å². The number of nitrogens with zero attached hydrogens (tertiary/aromatic N) is 2. The number of hydrogen-bond acceptors (Lipinski definition) is 2. The molecule has 0 spiro atoms. The fraction of sp³-hybridized carbons (Fsp3) is 0.200. The van der Waals surface area contributed by atoms with Gasteiger partial charge in [0.05, 0.1) is 0 Å². The molecule has 0 amide bonds. The molecule has 0 saturated heterocycles. The zero-order valence-electron chi connectivity index (χ0n) is 5.54. The molecule has 0 radical (unpaired) electrons. The van der Waals surface area contributed by atoms with Gasteiger partial charge < -0.3 is 5.11 Å². The van der Waals surface area contributed by atoms with Crippen molar-refractivity contribution in [2.75, 3.05) is 0 Å². The first kappa shape index (κ1) is 9.11. The Morgan fingerprint density at radius 3 is 2.67 bits per heavy atom. The molecule has 0 aliphatic rings. The van der Waals surface area contributed by atoms with Gasteiger partial charge in [0.25, 0.3) is 0 Å². The lowest BCUT2D eigenvalue weighted by atomic mass is 10.4. The Kier molecular flexibility index (Phi) is 2.41. The molecular formula is C5H3BrF2N2O2. The summed E-state index contributed by atoms with van der Waals surface area (Å²) in [5.41, 5.74) is -0.545. The van der Waals surface area contributed by atoms with Crippen LogP contribution in [0.25, 0.3) is 0 Å². The van der Waals surface area contributed by atoms with Crippen molar-refractivity contribution >= 4 is 21.9 Å². The van der Waals surface area contributed by atoms with Gasteiger partial charge in [-0.25, -0.2) is 4.79 Å². The highest BCUT2D eigenvalue weighted by Crippen LogP contribution is 2.17. The molecule has 0 aromatic carbocycles. The number of alkyl halides is 2. The minimum Gasteiger partial charge on any atom is -0.477 e. The van der Waals surface area contributed by atoms with Crippen molar-refractivity contribution < 1.29 is 18.7 Å². The summed E-state index contributed by atoms with van der Waals surface area (Å²) < 4.78 is 24.2. The SMILES string of the molecule is O=C(O)c1cc(Br)nn1C(F)F. The van der Waals surface area contributed by atoms with Crippen molar-refractivity contribution in [3.8, 4) is 0 Å². The highest BCUT2D eigenvalue weighted by molar-refractivity contribution is 9.10. The predicted molar refractivity (Wildman–Crippen MR) is 38.1 cm³/mol. The lowest BCUT2D eigenvalue weighted by Crippen LogP contribution is -2.10. The van der Waals surface area contributed by atoms with Crippen LogP contribution in [0, 0.1) is 0 Å². The molecule has 0 fully saturated rings. The Labute approximate surface area is 73.9 Å². The summed E-state index contributed by atoms with van der Waals surface area (Å²) in [6, 6.07) is 1.01. The third-order valence-electron chi connectivity index (χ3n) is 1.11. The third-order valence-corrected chi connectivity index (χ3v) is 1.50. The van der Waals surface area contributed by atoms with Crippen LogP contribution < -0.4 is 0 Å². The van der Waals surface area contributed by atoms with E-state index in [4.69, 9.17) is 5.11 Å². The van der Waals surface area contributed by atoms with Crippen molar-refractivity contribution in [3.05, 3.63) is 16.4 Å². The van der Waals surface area contributed by atoms with Gasteiger partial charge in [-0.2, -0.15) is 18.6 Å². The predicted octanol–water partition coefficient (Wildman–Crippen LogP) is 1.74. The largest absolute Gasteiger partial charge is 0.477 e. The Morgan fingerprint density at radius 1 is 1.75 bits per heavy atom. The zero-order chi connectivity index (χ0) is 9.30. The Morgan fingerprint density at radius 2 is 2.33 bits per heavy atom. The van der Waals surface area contributed by atoms with Crippen LogP contribution in [0.5, 0.6) is 0 Å². The van der Waals surface area contributed by atoms with E-state index in [2.05, 4.69) is 21.0 Å². The first-order chi connectivity index (χ1) is 5.52. The Bertz CT molecular complexity index is 312. The summed E-state index contributed by atoms with van der Waals surface area (Å²) in [6.07, 6.45) is 0. The number of aromatic carboxylic acids is 1. The molecular weight excluding hydrogens is 238 g/mol. The van der Waals surface area contributed by atoms with Crippen LogP contribution in [0.4, 0.5) is 8.78 Å². The zero-order valence-corrected chi connectivity index (χ0v) is 7.12. The van der Waals surface area contributed by atoms with Crippen LogP contribution in [0.2, 0.25) is 0 Å². The van der Waals surface area contributed by atoms with Crippen molar-refractivity contribution in [2.45, 2.75) is 6.55 Å². The number of carboxylic acids is 1. The normalized spacial score (nSPS) is 10.7. The molecule has 0 aliphatic heterocycles. The van der Waals surface area contributed by atoms with E-state index < -0.39 is 18.2 Å². The molecule has 66 valence electrons. The Hall–Kier alpha value is -0.980. The van der Waals surface area contributed by atoms with E-state index in [0.29, 0.717) is 0 Å². The van der Waals surface area contributed by atoms with E-state index >= 15 is 0 Å². The fourth-order valence-electron chi connectivity index (χ4n) is 0.673. The van der Waals surface area contributed by atoms with E-state index in [9.17, 15) is 13.6 Å². The van der Waals surface area contributed by atoms with Gasteiger partial charge in [-0.1, -0.05) is 0 Å². The second kappa shape index (κ2) is 3.18. The van der Waals surface area contributed by atoms with Crippen LogP contribution >= 0.6 is 15.9 Å². The van der Waals surface area contributed by atoms with Crippen LogP contribution in [0.1, 0.15) is 17.0 Å². The molecule has 4 nitrogen and oxygen atoms in total. The molecule has 1 aromatic rings. The van der Waals surface area contributed by atoms with Gasteiger partial charge in [0.15, 0.2) is 5.69 Å². The summed E-state index contributed by atoms with van der Waals surface area (Å²) >= 11 is 2.79. The van der Waals surface area contributed by atoms with Gasteiger partial charge in [0, 0.05) is 6.07 Å². The maximum atomic E-state index is 12.0. The maximum absolute atomic E-state index is 12.0. The smallest absolute Gasteiger partial charge is 0.354 e. The van der Waals surface area contributed by atoms with Gasteiger partial charge in [-0.05, 0) is 15.9 Å². The first-order valence-corrected chi connectivity index (χ1v) is 3.58. The minimum atomic E-state index is -2.94. The summed E-state index contributed by atoms with van der Waals surface area (Å²) in [5, 5.41) is 11.6. The van der Waals surface area contributed by atoms with E-state index in [1.807, 2.05) is 0 Å². The molecule has 1 rings (SSSR count). The van der Waals surface area contributed by atoms with Crippen molar-refractivity contribution in [3.63, 3.8) is 0 Å². The van der Waals surface area contributed by atoms with Crippen LogP contribution in [-0.4, -0.2) is 20.9 Å². The van der Waals surface area contributed by atoms with Crippen LogP contribution in [-0.2, 0) is 0 Å². The van der Waals surface area contributed by atoms with Crippen molar-refractivity contribution in [1.82, 2.24) is 9.78 Å². The van der Waals surface area contributed by atoms with E-state index in [0.717, 1.165) is 6.07 Å². The van der Waals surface area contributed by atoms with Gasteiger partial charge in [0.1, 0.15) is 4.60 Å². The average Bonchev–Trinajstić information content (AvgIpc) is 2.31. The van der Waals surface area contributed by atoms with Gasteiger partial charge in [0.2, 0.25) is 0 Å². The molecule has 1 N–H and O–H groups in total. The number of carboxylic acid groups (broad SMARTS) is 1. The highest BCUT2D eigenvalue weighted by atomic mass is 79.9. The molecule has 0 aliphatic carbocycles. The van der Waals surface area contributed by atoms with Crippen molar-refractivity contribution in [1.29, 1.82) is 0 Å². The number of aromatic nitrogens is 2. The maximum Gasteiger partial charge on any atom is 0.354 e. The Balaban J connectivity index is 3.17. The number of hydrogen-bond donors (Lipinski definition) is 1. The molecule has 12 heavy (non-hydrogen) atoms. The average molecular weight is 241 g/mol. The molecule has 7 heteroatoms. The number of carbonyl (C=O) groups is 1. The molecule has 0 atom stereocenters. The van der Waals surface area contributed by atoms with Gasteiger partial charge in [-0.3, -0.25) is 0 Å². The highest BCUT2D eigenvalue weighted by Gasteiger charge is 2.18. The van der Waals surface area contributed by atoms with Gasteiger partial charge in [-0.15, -0.1) is 0 Å². The molecule has 1 heterocycles. The van der Waals surface area contributed by atoms with Gasteiger partial charge >= 0.3 is 12.5 Å². The van der Waals surface area contributed by atoms with E-state index in [-0.39, 0.29) is 9.28 Å².